The lowest BCUT2D eigenvalue weighted by atomic mass is 10.1. The molecule has 0 aliphatic carbocycles. The van der Waals surface area contributed by atoms with Gasteiger partial charge in [-0.2, -0.15) is 0 Å². The average Bonchev–Trinajstić information content (AvgIpc) is 3.01. The molecule has 0 aliphatic heterocycles. The summed E-state index contributed by atoms with van der Waals surface area (Å²) in [5.41, 5.74) is 2.08. The Morgan fingerprint density at radius 1 is 1.29 bits per heavy atom. The molecule has 1 N–H and O–H groups in total. The van der Waals surface area contributed by atoms with E-state index in [1.165, 1.54) is 0 Å². The predicted octanol–water partition coefficient (Wildman–Crippen LogP) is 4.32. The molecule has 0 fully saturated rings. The highest BCUT2D eigenvalue weighted by Gasteiger charge is 2.07. The number of ether oxygens (including phenoxy) is 1. The van der Waals surface area contributed by atoms with Gasteiger partial charge in [0.15, 0.2) is 0 Å². The molecule has 6 heteroatoms. The first-order valence-electron chi connectivity index (χ1n) is 7.59. The molecule has 1 aromatic heterocycles. The highest BCUT2D eigenvalue weighted by Crippen LogP contribution is 2.26. The number of fused-ring (bicyclic) bond motifs is 1. The summed E-state index contributed by atoms with van der Waals surface area (Å²) < 4.78 is 7.25. The van der Waals surface area contributed by atoms with Crippen LogP contribution >= 0.6 is 27.3 Å². The van der Waals surface area contributed by atoms with E-state index in [1.807, 2.05) is 42.5 Å². The van der Waals surface area contributed by atoms with Crippen LogP contribution in [0.4, 0.5) is 0 Å². The molecule has 124 valence electrons. The van der Waals surface area contributed by atoms with Crippen molar-refractivity contribution in [1.82, 2.24) is 10.3 Å². The number of carbonyl (C=O) groups excluding carboxylic acids is 1. The second-order valence-corrected chi connectivity index (χ2v) is 7.29. The SMILES string of the molecule is COc1ccc(CCC(=O)NCc2nc3ccccc3s2)cc1Br. The summed E-state index contributed by atoms with van der Waals surface area (Å²) in [7, 11) is 1.63. The van der Waals surface area contributed by atoms with Gasteiger partial charge in [0.05, 0.1) is 28.3 Å². The molecule has 3 aromatic rings. The van der Waals surface area contributed by atoms with Crippen molar-refractivity contribution in [2.45, 2.75) is 19.4 Å². The highest BCUT2D eigenvalue weighted by molar-refractivity contribution is 9.10. The van der Waals surface area contributed by atoms with E-state index in [2.05, 4.69) is 26.2 Å². The lowest BCUT2D eigenvalue weighted by Gasteiger charge is -2.07. The molecule has 1 amide bonds. The number of rotatable bonds is 6. The molecule has 0 radical (unpaired) electrons. The van der Waals surface area contributed by atoms with E-state index < -0.39 is 0 Å². The fourth-order valence-corrected chi connectivity index (χ4v) is 3.88. The molecule has 0 spiro atoms. The Morgan fingerprint density at radius 3 is 2.88 bits per heavy atom. The minimum absolute atomic E-state index is 0.0289. The van der Waals surface area contributed by atoms with E-state index in [1.54, 1.807) is 18.4 Å². The Hall–Kier alpha value is -1.92. The molecule has 1 heterocycles. The van der Waals surface area contributed by atoms with E-state index in [9.17, 15) is 4.79 Å². The number of nitrogens with one attached hydrogen (secondary N) is 1. The lowest BCUT2D eigenvalue weighted by Crippen LogP contribution is -2.22. The van der Waals surface area contributed by atoms with E-state index in [0.29, 0.717) is 19.4 Å². The van der Waals surface area contributed by atoms with Crippen LogP contribution in [0.1, 0.15) is 17.0 Å². The minimum Gasteiger partial charge on any atom is -0.496 e. The molecule has 0 bridgehead atoms. The van der Waals surface area contributed by atoms with Crippen LogP contribution in [-0.4, -0.2) is 18.0 Å². The molecule has 3 rings (SSSR count). The van der Waals surface area contributed by atoms with Crippen molar-refractivity contribution in [3.05, 3.63) is 57.5 Å². The zero-order chi connectivity index (χ0) is 16.9. The predicted molar refractivity (Wildman–Crippen MR) is 100 cm³/mol. The largest absolute Gasteiger partial charge is 0.496 e. The number of aryl methyl sites for hydroxylation is 1. The lowest BCUT2D eigenvalue weighted by molar-refractivity contribution is -0.121. The normalized spacial score (nSPS) is 10.8. The van der Waals surface area contributed by atoms with Crippen molar-refractivity contribution in [3.8, 4) is 5.75 Å². The molecule has 4 nitrogen and oxygen atoms in total. The molecule has 0 saturated heterocycles. The molecule has 24 heavy (non-hydrogen) atoms. The summed E-state index contributed by atoms with van der Waals surface area (Å²) in [4.78, 5) is 16.6. The van der Waals surface area contributed by atoms with Gasteiger partial charge in [-0.15, -0.1) is 11.3 Å². The van der Waals surface area contributed by atoms with Crippen molar-refractivity contribution in [2.24, 2.45) is 0 Å². The smallest absolute Gasteiger partial charge is 0.220 e. The van der Waals surface area contributed by atoms with Crippen LogP contribution in [0.2, 0.25) is 0 Å². The Balaban J connectivity index is 1.51. The van der Waals surface area contributed by atoms with Gasteiger partial charge >= 0.3 is 0 Å². The van der Waals surface area contributed by atoms with Gasteiger partial charge in [-0.1, -0.05) is 18.2 Å². The average molecular weight is 405 g/mol. The molecular formula is C18H17BrN2O2S. The quantitative estimate of drug-likeness (QED) is 0.665. The first-order chi connectivity index (χ1) is 11.7. The van der Waals surface area contributed by atoms with E-state index >= 15 is 0 Å². The summed E-state index contributed by atoms with van der Waals surface area (Å²) in [6.45, 7) is 0.477. The number of aromatic nitrogens is 1. The van der Waals surface area contributed by atoms with Crippen LogP contribution in [0.3, 0.4) is 0 Å². The van der Waals surface area contributed by atoms with Crippen molar-refractivity contribution in [1.29, 1.82) is 0 Å². The van der Waals surface area contributed by atoms with Crippen LogP contribution in [-0.2, 0) is 17.8 Å². The van der Waals surface area contributed by atoms with Crippen molar-refractivity contribution < 1.29 is 9.53 Å². The van der Waals surface area contributed by atoms with Gasteiger partial charge in [0.2, 0.25) is 5.91 Å². The Morgan fingerprint density at radius 2 is 2.12 bits per heavy atom. The Kier molecular flexibility index (Phi) is 5.48. The monoisotopic (exact) mass is 404 g/mol. The second-order valence-electron chi connectivity index (χ2n) is 5.32. The fourth-order valence-electron chi connectivity index (χ4n) is 2.38. The Labute approximate surface area is 153 Å². The van der Waals surface area contributed by atoms with Crippen LogP contribution in [0.15, 0.2) is 46.9 Å². The van der Waals surface area contributed by atoms with E-state index in [4.69, 9.17) is 4.74 Å². The summed E-state index contributed by atoms with van der Waals surface area (Å²) >= 11 is 5.07. The number of para-hydroxylation sites is 1. The third kappa shape index (κ3) is 4.13. The van der Waals surface area contributed by atoms with Crippen molar-refractivity contribution in [3.63, 3.8) is 0 Å². The van der Waals surface area contributed by atoms with E-state index in [-0.39, 0.29) is 5.91 Å². The van der Waals surface area contributed by atoms with Crippen molar-refractivity contribution >= 4 is 43.4 Å². The second kappa shape index (κ2) is 7.77. The zero-order valence-electron chi connectivity index (χ0n) is 13.2. The maximum absolute atomic E-state index is 12.0. The Bertz CT molecular complexity index is 830. The van der Waals surface area contributed by atoms with E-state index in [0.717, 1.165) is 31.0 Å². The number of methoxy groups -OCH3 is 1. The minimum atomic E-state index is 0.0289. The number of carbonyl (C=O) groups is 1. The summed E-state index contributed by atoms with van der Waals surface area (Å²) in [5.74, 6) is 0.820. The third-order valence-electron chi connectivity index (χ3n) is 3.63. The van der Waals surface area contributed by atoms with Gasteiger partial charge in [-0.25, -0.2) is 4.98 Å². The van der Waals surface area contributed by atoms with Crippen LogP contribution < -0.4 is 10.1 Å². The number of nitrogens with zero attached hydrogens (tertiary/aromatic N) is 1. The van der Waals surface area contributed by atoms with Crippen LogP contribution in [0.25, 0.3) is 10.2 Å². The number of thiazole rings is 1. The van der Waals surface area contributed by atoms with Gasteiger partial charge in [0.25, 0.3) is 0 Å². The summed E-state index contributed by atoms with van der Waals surface area (Å²) in [6, 6.07) is 13.9. The highest BCUT2D eigenvalue weighted by atomic mass is 79.9. The first-order valence-corrected chi connectivity index (χ1v) is 9.20. The number of hydrogen-bond acceptors (Lipinski definition) is 4. The maximum Gasteiger partial charge on any atom is 0.220 e. The standard InChI is InChI=1S/C18H17BrN2O2S/c1-23-15-8-6-12(10-13(15)19)7-9-17(22)20-11-18-21-14-4-2-3-5-16(14)24-18/h2-6,8,10H,7,9,11H2,1H3,(H,20,22). The molecule has 2 aromatic carbocycles. The van der Waals surface area contributed by atoms with Crippen LogP contribution in [0.5, 0.6) is 5.75 Å². The van der Waals surface area contributed by atoms with Gasteiger partial charge in [0, 0.05) is 6.42 Å². The molecular weight excluding hydrogens is 388 g/mol. The topological polar surface area (TPSA) is 51.2 Å². The molecule has 0 unspecified atom stereocenters. The van der Waals surface area contributed by atoms with Crippen molar-refractivity contribution in [2.75, 3.05) is 7.11 Å². The number of halogens is 1. The maximum atomic E-state index is 12.0. The van der Waals surface area contributed by atoms with Gasteiger partial charge in [0.1, 0.15) is 10.8 Å². The third-order valence-corrected chi connectivity index (χ3v) is 5.29. The van der Waals surface area contributed by atoms with Gasteiger partial charge < -0.3 is 10.1 Å². The molecule has 0 atom stereocenters. The number of amides is 1. The number of hydrogen-bond donors (Lipinski definition) is 1. The number of benzene rings is 2. The van der Waals surface area contributed by atoms with Crippen LogP contribution in [0, 0.1) is 0 Å². The molecule has 0 aliphatic rings. The summed E-state index contributed by atoms with van der Waals surface area (Å²) in [6.07, 6.45) is 1.14. The van der Waals surface area contributed by atoms with Gasteiger partial charge in [-0.05, 0) is 52.2 Å². The molecule has 0 saturated carbocycles. The summed E-state index contributed by atoms with van der Waals surface area (Å²) in [5, 5.41) is 3.87. The van der Waals surface area contributed by atoms with Gasteiger partial charge in [-0.3, -0.25) is 4.79 Å². The fraction of sp³-hybridized carbons (Fsp3) is 0.222. The zero-order valence-corrected chi connectivity index (χ0v) is 15.6. The first kappa shape index (κ1) is 16.9.